The van der Waals surface area contributed by atoms with Crippen molar-refractivity contribution in [2.75, 3.05) is 25.0 Å². The molecule has 0 aliphatic carbocycles. The van der Waals surface area contributed by atoms with Gasteiger partial charge in [0, 0.05) is 6.07 Å². The number of nitrogens with one attached hydrogen (secondary N) is 1. The lowest BCUT2D eigenvalue weighted by molar-refractivity contribution is -0.155. The molecule has 160 valence electrons. The second-order valence-corrected chi connectivity index (χ2v) is 6.39. The van der Waals surface area contributed by atoms with Crippen LogP contribution in [0.15, 0.2) is 29.4 Å². The zero-order chi connectivity index (χ0) is 21.7. The molecular weight excluding hydrogens is 452 g/mol. The minimum atomic E-state index is -4.69. The van der Waals surface area contributed by atoms with E-state index in [2.05, 4.69) is 24.2 Å². The van der Waals surface area contributed by atoms with E-state index in [1.807, 2.05) is 0 Å². The molecule has 2 aromatic rings. The maximum absolute atomic E-state index is 12.5. The van der Waals surface area contributed by atoms with Crippen LogP contribution < -0.4 is 18.9 Å². The van der Waals surface area contributed by atoms with Gasteiger partial charge in [0.2, 0.25) is 11.8 Å². The Kier molecular flexibility index (Phi) is 7.52. The molecule has 0 unspecified atom stereocenters. The molecule has 0 atom stereocenters. The van der Waals surface area contributed by atoms with Gasteiger partial charge in [-0.1, -0.05) is 11.6 Å². The molecule has 0 spiro atoms. The SMILES string of the molecule is COc1ccc(Cl)c(NSc2c(OCC(F)(F)F)ncnc2OCC(F)(F)F)c1. The summed E-state index contributed by atoms with van der Waals surface area (Å²) in [5.41, 5.74) is 0.267. The van der Waals surface area contributed by atoms with Crippen LogP contribution >= 0.6 is 23.5 Å². The van der Waals surface area contributed by atoms with Crippen LogP contribution in [-0.2, 0) is 0 Å². The fraction of sp³-hybridized carbons (Fsp3) is 0.333. The van der Waals surface area contributed by atoms with Gasteiger partial charge in [0.15, 0.2) is 18.1 Å². The van der Waals surface area contributed by atoms with Crippen molar-refractivity contribution in [2.45, 2.75) is 17.2 Å². The highest BCUT2D eigenvalue weighted by Crippen LogP contribution is 2.38. The van der Waals surface area contributed by atoms with Crippen molar-refractivity contribution in [3.8, 4) is 17.5 Å². The monoisotopic (exact) mass is 463 g/mol. The number of rotatable bonds is 8. The molecule has 0 fully saturated rings. The van der Waals surface area contributed by atoms with E-state index in [4.69, 9.17) is 16.3 Å². The van der Waals surface area contributed by atoms with Crippen molar-refractivity contribution in [3.63, 3.8) is 0 Å². The topological polar surface area (TPSA) is 65.5 Å². The third-order valence-corrected chi connectivity index (χ3v) is 4.13. The first-order valence-corrected chi connectivity index (χ1v) is 8.68. The van der Waals surface area contributed by atoms with E-state index in [1.165, 1.54) is 19.2 Å². The van der Waals surface area contributed by atoms with Crippen molar-refractivity contribution in [3.05, 3.63) is 29.5 Å². The van der Waals surface area contributed by atoms with Crippen molar-refractivity contribution in [1.82, 2.24) is 9.97 Å². The molecule has 29 heavy (non-hydrogen) atoms. The normalized spacial score (nSPS) is 11.9. The Morgan fingerprint density at radius 2 is 1.55 bits per heavy atom. The number of hydrogen-bond acceptors (Lipinski definition) is 7. The van der Waals surface area contributed by atoms with Crippen LogP contribution in [0.1, 0.15) is 0 Å². The zero-order valence-electron chi connectivity index (χ0n) is 14.4. The Labute approximate surface area is 169 Å². The molecule has 0 aliphatic rings. The molecule has 0 bridgehead atoms. The molecule has 1 heterocycles. The average Bonchev–Trinajstić information content (AvgIpc) is 2.63. The van der Waals surface area contributed by atoms with Gasteiger partial charge in [-0.2, -0.15) is 26.3 Å². The lowest BCUT2D eigenvalue weighted by Crippen LogP contribution is -2.21. The summed E-state index contributed by atoms with van der Waals surface area (Å²) in [4.78, 5) is 6.75. The number of alkyl halides is 6. The summed E-state index contributed by atoms with van der Waals surface area (Å²) in [7, 11) is 1.40. The maximum atomic E-state index is 12.5. The minimum absolute atomic E-state index is 0.214. The first-order chi connectivity index (χ1) is 13.5. The van der Waals surface area contributed by atoms with Gasteiger partial charge in [0.1, 0.15) is 12.1 Å². The quantitative estimate of drug-likeness (QED) is 0.429. The molecule has 1 N–H and O–H groups in total. The summed E-state index contributed by atoms with van der Waals surface area (Å²) >= 11 is 6.58. The van der Waals surface area contributed by atoms with Gasteiger partial charge in [-0.3, -0.25) is 0 Å². The fourth-order valence-electron chi connectivity index (χ4n) is 1.75. The van der Waals surface area contributed by atoms with E-state index in [0.717, 1.165) is 6.33 Å². The smallest absolute Gasteiger partial charge is 0.422 e. The Morgan fingerprint density at radius 3 is 2.03 bits per heavy atom. The molecule has 6 nitrogen and oxygen atoms in total. The Morgan fingerprint density at radius 1 is 1.00 bits per heavy atom. The third-order valence-electron chi connectivity index (χ3n) is 2.92. The Bertz CT molecular complexity index is 802. The van der Waals surface area contributed by atoms with Gasteiger partial charge >= 0.3 is 12.4 Å². The minimum Gasteiger partial charge on any atom is -0.497 e. The number of aromatic nitrogens is 2. The highest BCUT2D eigenvalue weighted by Gasteiger charge is 2.32. The van der Waals surface area contributed by atoms with E-state index in [-0.39, 0.29) is 15.6 Å². The fourth-order valence-corrected chi connectivity index (χ4v) is 2.75. The molecule has 1 aromatic heterocycles. The standard InChI is InChI=1S/C15H12ClF6N3O3S/c1-26-8-2-3-9(16)10(4-8)25-29-11-12(27-5-14(17,18)19)23-7-24-13(11)28-6-15(20,21)22/h2-4,7,25H,5-6H2,1H3. The van der Waals surface area contributed by atoms with E-state index in [1.54, 1.807) is 6.07 Å². The zero-order valence-corrected chi connectivity index (χ0v) is 16.0. The van der Waals surface area contributed by atoms with E-state index < -0.39 is 37.3 Å². The van der Waals surface area contributed by atoms with Crippen LogP contribution in [0.5, 0.6) is 17.5 Å². The molecule has 2 rings (SSSR count). The molecule has 14 heteroatoms. The van der Waals surface area contributed by atoms with Gasteiger partial charge in [0.05, 0.1) is 17.8 Å². The summed E-state index contributed by atoms with van der Waals surface area (Å²) in [5.74, 6) is -0.832. The number of halogens is 7. The largest absolute Gasteiger partial charge is 0.497 e. The van der Waals surface area contributed by atoms with Gasteiger partial charge in [-0.25, -0.2) is 9.97 Å². The number of anilines is 1. The maximum Gasteiger partial charge on any atom is 0.422 e. The van der Waals surface area contributed by atoms with E-state index in [9.17, 15) is 26.3 Å². The number of methoxy groups -OCH3 is 1. The number of hydrogen-bond donors (Lipinski definition) is 1. The Hall–Kier alpha value is -2.28. The van der Waals surface area contributed by atoms with Crippen LogP contribution in [0.25, 0.3) is 0 Å². The second-order valence-electron chi connectivity index (χ2n) is 5.17. The molecule has 0 saturated carbocycles. The van der Waals surface area contributed by atoms with Crippen LogP contribution in [0.3, 0.4) is 0 Å². The third kappa shape index (κ3) is 7.57. The van der Waals surface area contributed by atoms with Crippen molar-refractivity contribution in [1.29, 1.82) is 0 Å². The van der Waals surface area contributed by atoms with E-state index in [0.29, 0.717) is 17.7 Å². The molecular formula is C15H12ClF6N3O3S. The predicted octanol–water partition coefficient (Wildman–Crippen LogP) is 5.14. The van der Waals surface area contributed by atoms with Gasteiger partial charge in [0.25, 0.3) is 0 Å². The van der Waals surface area contributed by atoms with E-state index >= 15 is 0 Å². The van der Waals surface area contributed by atoms with Crippen molar-refractivity contribution < 1.29 is 40.6 Å². The summed E-state index contributed by atoms with van der Waals surface area (Å²) in [6.45, 7) is -3.42. The summed E-state index contributed by atoms with van der Waals surface area (Å²) in [6, 6.07) is 4.50. The lowest BCUT2D eigenvalue weighted by atomic mass is 10.3. The van der Waals surface area contributed by atoms with Crippen LogP contribution in [0, 0.1) is 0 Å². The second kappa shape index (κ2) is 9.48. The van der Waals surface area contributed by atoms with Crippen LogP contribution in [0.2, 0.25) is 5.02 Å². The average molecular weight is 464 g/mol. The molecule has 0 radical (unpaired) electrons. The lowest BCUT2D eigenvalue weighted by Gasteiger charge is -2.16. The highest BCUT2D eigenvalue weighted by molar-refractivity contribution is 8.00. The first-order valence-electron chi connectivity index (χ1n) is 7.49. The predicted molar refractivity (Wildman–Crippen MR) is 92.6 cm³/mol. The van der Waals surface area contributed by atoms with Gasteiger partial charge < -0.3 is 18.9 Å². The van der Waals surface area contributed by atoms with Crippen LogP contribution in [-0.4, -0.2) is 42.6 Å². The summed E-state index contributed by atoms with van der Waals surface area (Å²) < 4.78 is 91.7. The number of benzene rings is 1. The highest BCUT2D eigenvalue weighted by atomic mass is 35.5. The molecule has 0 aliphatic heterocycles. The molecule has 0 amide bonds. The molecule has 0 saturated heterocycles. The number of nitrogens with zero attached hydrogens (tertiary/aromatic N) is 2. The summed E-state index contributed by atoms with van der Waals surface area (Å²) in [5, 5.41) is 0.214. The Balaban J connectivity index is 2.29. The first kappa shape index (κ1) is 23.0. The summed E-state index contributed by atoms with van der Waals surface area (Å²) in [6.07, 6.45) is -8.66. The van der Waals surface area contributed by atoms with Gasteiger partial charge in [-0.15, -0.1) is 0 Å². The van der Waals surface area contributed by atoms with Crippen molar-refractivity contribution >= 4 is 29.2 Å². The molecule has 1 aromatic carbocycles. The van der Waals surface area contributed by atoms with Gasteiger partial charge in [-0.05, 0) is 24.1 Å². The van der Waals surface area contributed by atoms with Crippen molar-refractivity contribution in [2.24, 2.45) is 0 Å². The number of ether oxygens (including phenoxy) is 3. The van der Waals surface area contributed by atoms with Crippen LogP contribution in [0.4, 0.5) is 32.0 Å².